The average Bonchev–Trinajstić information content (AvgIpc) is 2.28. The molecule has 0 heterocycles. The van der Waals surface area contributed by atoms with Gasteiger partial charge in [0.15, 0.2) is 0 Å². The van der Waals surface area contributed by atoms with Gasteiger partial charge < -0.3 is 15.2 Å². The highest BCUT2D eigenvalue weighted by atomic mass is 16.5. The molecule has 2 N–H and O–H groups in total. The van der Waals surface area contributed by atoms with Crippen molar-refractivity contribution in [3.8, 4) is 11.5 Å². The Bertz CT molecular complexity index is 348. The maximum Gasteiger partial charge on any atom is 0.124 e. The highest BCUT2D eigenvalue weighted by Gasteiger charge is 2.13. The van der Waals surface area contributed by atoms with Crippen LogP contribution in [0.15, 0.2) is 12.1 Å². The molecule has 3 heteroatoms. The van der Waals surface area contributed by atoms with Crippen LogP contribution in [0.25, 0.3) is 0 Å². The molecule has 0 aliphatic carbocycles. The number of benzene rings is 1. The number of rotatable bonds is 5. The largest absolute Gasteiger partial charge is 0.496 e. The number of aryl methyl sites for hydroxylation is 1. The molecule has 1 rings (SSSR count). The maximum atomic E-state index is 5.90. The molecule has 0 fully saturated rings. The van der Waals surface area contributed by atoms with Gasteiger partial charge >= 0.3 is 0 Å². The molecule has 0 aromatic heterocycles. The molecular formula is C13H21NO2. The summed E-state index contributed by atoms with van der Waals surface area (Å²) in [5.41, 5.74) is 8.06. The van der Waals surface area contributed by atoms with Gasteiger partial charge in [0.25, 0.3) is 0 Å². The summed E-state index contributed by atoms with van der Waals surface area (Å²) in [6.45, 7) is 4.09. The first kappa shape index (κ1) is 12.8. The van der Waals surface area contributed by atoms with E-state index in [0.29, 0.717) is 0 Å². The van der Waals surface area contributed by atoms with Gasteiger partial charge in [-0.1, -0.05) is 13.3 Å². The number of ether oxygens (including phenoxy) is 2. The Balaban J connectivity index is 3.22. The zero-order valence-corrected chi connectivity index (χ0v) is 10.5. The predicted octanol–water partition coefficient (Wildman–Crippen LogP) is 2.68. The van der Waals surface area contributed by atoms with Crippen LogP contribution in [0, 0.1) is 0 Å². The zero-order valence-electron chi connectivity index (χ0n) is 10.5. The fourth-order valence-electron chi connectivity index (χ4n) is 1.81. The summed E-state index contributed by atoms with van der Waals surface area (Å²) in [5, 5.41) is 0. The molecule has 3 nitrogen and oxygen atoms in total. The molecule has 1 aromatic rings. The molecule has 16 heavy (non-hydrogen) atoms. The van der Waals surface area contributed by atoms with E-state index in [1.807, 2.05) is 19.1 Å². The van der Waals surface area contributed by atoms with Gasteiger partial charge in [0.05, 0.1) is 14.2 Å². The first-order chi connectivity index (χ1) is 7.63. The van der Waals surface area contributed by atoms with Gasteiger partial charge in [-0.2, -0.15) is 0 Å². The number of methoxy groups -OCH3 is 2. The second-order valence-electron chi connectivity index (χ2n) is 3.94. The molecule has 90 valence electrons. The van der Waals surface area contributed by atoms with Crippen LogP contribution in [-0.4, -0.2) is 14.2 Å². The molecule has 1 atom stereocenters. The second kappa shape index (κ2) is 5.75. The monoisotopic (exact) mass is 223 g/mol. The van der Waals surface area contributed by atoms with Gasteiger partial charge in [-0.3, -0.25) is 0 Å². The third-order valence-corrected chi connectivity index (χ3v) is 2.64. The lowest BCUT2D eigenvalue weighted by Crippen LogP contribution is -2.08. The second-order valence-corrected chi connectivity index (χ2v) is 3.94. The van der Waals surface area contributed by atoms with Crippen molar-refractivity contribution in [3.63, 3.8) is 0 Å². The van der Waals surface area contributed by atoms with Crippen molar-refractivity contribution in [1.82, 2.24) is 0 Å². The van der Waals surface area contributed by atoms with Crippen LogP contribution in [0.5, 0.6) is 11.5 Å². The van der Waals surface area contributed by atoms with Crippen molar-refractivity contribution in [1.29, 1.82) is 0 Å². The standard InChI is InChI=1S/C13H21NO2/c1-5-6-10-7-13(16-4)11(9(2)14)8-12(10)15-3/h7-9H,5-6,14H2,1-4H3. The van der Waals surface area contributed by atoms with Crippen molar-refractivity contribution >= 4 is 0 Å². The van der Waals surface area contributed by atoms with E-state index < -0.39 is 0 Å². The number of hydrogen-bond acceptors (Lipinski definition) is 3. The summed E-state index contributed by atoms with van der Waals surface area (Å²) < 4.78 is 10.7. The molecule has 1 aromatic carbocycles. The third-order valence-electron chi connectivity index (χ3n) is 2.64. The van der Waals surface area contributed by atoms with Crippen LogP contribution in [0.1, 0.15) is 37.4 Å². The van der Waals surface area contributed by atoms with Gasteiger partial charge in [-0.05, 0) is 31.0 Å². The van der Waals surface area contributed by atoms with Crippen molar-refractivity contribution in [3.05, 3.63) is 23.3 Å². The molecule has 0 aliphatic heterocycles. The molecule has 0 saturated carbocycles. The van der Waals surface area contributed by atoms with Crippen LogP contribution in [0.3, 0.4) is 0 Å². The lowest BCUT2D eigenvalue weighted by atomic mass is 10.0. The molecule has 0 bridgehead atoms. The first-order valence-corrected chi connectivity index (χ1v) is 5.64. The summed E-state index contributed by atoms with van der Waals surface area (Å²) in [7, 11) is 3.36. The van der Waals surface area contributed by atoms with Crippen LogP contribution in [0.2, 0.25) is 0 Å². The lowest BCUT2D eigenvalue weighted by Gasteiger charge is -2.16. The fraction of sp³-hybridized carbons (Fsp3) is 0.538. The van der Waals surface area contributed by atoms with Crippen LogP contribution >= 0.6 is 0 Å². The van der Waals surface area contributed by atoms with Crippen molar-refractivity contribution in [2.45, 2.75) is 32.7 Å². The van der Waals surface area contributed by atoms with Gasteiger partial charge in [0.2, 0.25) is 0 Å². The Morgan fingerprint density at radius 2 is 1.81 bits per heavy atom. The van der Waals surface area contributed by atoms with E-state index in [2.05, 4.69) is 6.92 Å². The highest BCUT2D eigenvalue weighted by Crippen LogP contribution is 2.32. The van der Waals surface area contributed by atoms with E-state index in [9.17, 15) is 0 Å². The van der Waals surface area contributed by atoms with Crippen LogP contribution in [-0.2, 0) is 6.42 Å². The van der Waals surface area contributed by atoms with Crippen molar-refractivity contribution in [2.75, 3.05) is 14.2 Å². The Labute approximate surface area is 97.6 Å². The third kappa shape index (κ3) is 2.67. The molecule has 0 spiro atoms. The molecular weight excluding hydrogens is 202 g/mol. The van der Waals surface area contributed by atoms with Crippen LogP contribution < -0.4 is 15.2 Å². The van der Waals surface area contributed by atoms with E-state index in [1.54, 1.807) is 14.2 Å². The number of nitrogens with two attached hydrogens (primary N) is 1. The summed E-state index contributed by atoms with van der Waals surface area (Å²) >= 11 is 0. The topological polar surface area (TPSA) is 44.5 Å². The zero-order chi connectivity index (χ0) is 12.1. The minimum absolute atomic E-state index is 0.0560. The molecule has 0 amide bonds. The minimum Gasteiger partial charge on any atom is -0.496 e. The van der Waals surface area contributed by atoms with Crippen molar-refractivity contribution in [2.24, 2.45) is 5.73 Å². The van der Waals surface area contributed by atoms with Gasteiger partial charge in [-0.25, -0.2) is 0 Å². The smallest absolute Gasteiger partial charge is 0.124 e. The Hall–Kier alpha value is -1.22. The Morgan fingerprint density at radius 1 is 1.19 bits per heavy atom. The predicted molar refractivity (Wildman–Crippen MR) is 66.1 cm³/mol. The number of hydrogen-bond donors (Lipinski definition) is 1. The quantitative estimate of drug-likeness (QED) is 0.834. The highest BCUT2D eigenvalue weighted by molar-refractivity contribution is 5.47. The van der Waals surface area contributed by atoms with E-state index in [0.717, 1.165) is 29.9 Å². The normalized spacial score (nSPS) is 12.3. The summed E-state index contributed by atoms with van der Waals surface area (Å²) in [5.74, 6) is 1.74. The molecule has 1 unspecified atom stereocenters. The van der Waals surface area contributed by atoms with Gasteiger partial charge in [-0.15, -0.1) is 0 Å². The van der Waals surface area contributed by atoms with E-state index >= 15 is 0 Å². The van der Waals surface area contributed by atoms with E-state index in [4.69, 9.17) is 15.2 Å². The Kier molecular flexibility index (Phi) is 4.62. The van der Waals surface area contributed by atoms with Gasteiger partial charge in [0, 0.05) is 11.6 Å². The maximum absolute atomic E-state index is 5.90. The van der Waals surface area contributed by atoms with Gasteiger partial charge in [0.1, 0.15) is 11.5 Å². The summed E-state index contributed by atoms with van der Waals surface area (Å²) in [6, 6.07) is 3.95. The minimum atomic E-state index is -0.0560. The SMILES string of the molecule is CCCc1cc(OC)c(C(C)N)cc1OC. The molecule has 0 aliphatic rings. The summed E-state index contributed by atoms with van der Waals surface area (Å²) in [4.78, 5) is 0. The van der Waals surface area contributed by atoms with Crippen molar-refractivity contribution < 1.29 is 9.47 Å². The first-order valence-electron chi connectivity index (χ1n) is 5.64. The van der Waals surface area contributed by atoms with E-state index in [1.165, 1.54) is 5.56 Å². The average molecular weight is 223 g/mol. The molecule has 0 radical (unpaired) electrons. The lowest BCUT2D eigenvalue weighted by molar-refractivity contribution is 0.392. The fourth-order valence-corrected chi connectivity index (χ4v) is 1.81. The Morgan fingerprint density at radius 3 is 2.25 bits per heavy atom. The molecule has 0 saturated heterocycles. The van der Waals surface area contributed by atoms with Crippen LogP contribution in [0.4, 0.5) is 0 Å². The summed E-state index contributed by atoms with van der Waals surface area (Å²) in [6.07, 6.45) is 2.07. The van der Waals surface area contributed by atoms with E-state index in [-0.39, 0.29) is 6.04 Å².